The second-order valence-electron chi connectivity index (χ2n) is 6.03. The maximum absolute atomic E-state index is 11.3. The highest BCUT2D eigenvalue weighted by Crippen LogP contribution is 2.48. The zero-order valence-electron chi connectivity index (χ0n) is 14.7. The Morgan fingerprint density at radius 1 is 0.815 bits per heavy atom. The zero-order chi connectivity index (χ0) is 18.4. The molecule has 3 aromatic carbocycles. The minimum Gasteiger partial charge on any atom is -0.480 e. The van der Waals surface area contributed by atoms with E-state index in [1.165, 1.54) is 0 Å². The fourth-order valence-electron chi connectivity index (χ4n) is 3.05. The summed E-state index contributed by atoms with van der Waals surface area (Å²) in [5, 5.41) is 9.25. The van der Waals surface area contributed by atoms with E-state index in [9.17, 15) is 9.90 Å². The highest BCUT2D eigenvalue weighted by atomic mass is 35.5. The van der Waals surface area contributed by atoms with Crippen molar-refractivity contribution < 1.29 is 9.90 Å². The number of thioether (sulfide) groups is 1. The van der Waals surface area contributed by atoms with Crippen molar-refractivity contribution in [2.24, 2.45) is 5.73 Å². The Bertz CT molecular complexity index is 747. The van der Waals surface area contributed by atoms with Crippen LogP contribution in [0, 0.1) is 0 Å². The average molecular weight is 400 g/mol. The monoisotopic (exact) mass is 399 g/mol. The molecule has 0 amide bonds. The van der Waals surface area contributed by atoms with Gasteiger partial charge in [-0.1, -0.05) is 91.0 Å². The highest BCUT2D eigenvalue weighted by molar-refractivity contribution is 8.00. The van der Waals surface area contributed by atoms with Crippen molar-refractivity contribution in [3.8, 4) is 0 Å². The maximum atomic E-state index is 11.3. The lowest BCUT2D eigenvalue weighted by Crippen LogP contribution is -2.36. The number of carboxylic acids is 1. The number of benzene rings is 3. The number of carboxylic acid groups (broad SMARTS) is 1. The summed E-state index contributed by atoms with van der Waals surface area (Å²) in [6.45, 7) is 0. The van der Waals surface area contributed by atoms with Gasteiger partial charge in [-0.25, -0.2) is 0 Å². The molecule has 0 aliphatic rings. The molecule has 0 fully saturated rings. The van der Waals surface area contributed by atoms with Gasteiger partial charge in [0.25, 0.3) is 0 Å². The van der Waals surface area contributed by atoms with Crippen molar-refractivity contribution >= 4 is 30.1 Å². The molecule has 1 atom stereocenters. The number of nitrogens with two attached hydrogens (primary N) is 1. The van der Waals surface area contributed by atoms with Crippen LogP contribution in [0.3, 0.4) is 0 Å². The standard InChI is InChI=1S/C22H21NO2S.ClH/c23-20(21(24)25)16-26-22(17-10-4-1-5-11-17,18-12-6-2-7-13-18)19-14-8-3-9-15-19;/h1-15,20H,16,23H2,(H,24,25);1H. The zero-order valence-corrected chi connectivity index (χ0v) is 16.3. The third-order valence-electron chi connectivity index (χ3n) is 4.34. The van der Waals surface area contributed by atoms with Crippen molar-refractivity contribution in [1.82, 2.24) is 0 Å². The van der Waals surface area contributed by atoms with Crippen LogP contribution in [-0.4, -0.2) is 22.9 Å². The molecule has 1 unspecified atom stereocenters. The molecule has 3 rings (SSSR count). The Balaban J connectivity index is 0.00000261. The molecule has 3 aromatic rings. The summed E-state index contributed by atoms with van der Waals surface area (Å²) < 4.78 is -0.531. The third kappa shape index (κ3) is 4.53. The van der Waals surface area contributed by atoms with Gasteiger partial charge in [0.05, 0.1) is 4.75 Å². The third-order valence-corrected chi connectivity index (χ3v) is 6.00. The van der Waals surface area contributed by atoms with Gasteiger partial charge >= 0.3 is 5.97 Å². The van der Waals surface area contributed by atoms with Crippen LogP contribution in [0.2, 0.25) is 0 Å². The number of rotatable bonds is 7. The molecule has 140 valence electrons. The second kappa shape index (κ2) is 9.60. The van der Waals surface area contributed by atoms with Crippen molar-refractivity contribution in [3.05, 3.63) is 108 Å². The first-order chi connectivity index (χ1) is 12.6. The summed E-state index contributed by atoms with van der Waals surface area (Å²) in [5.74, 6) is -0.686. The van der Waals surface area contributed by atoms with Crippen LogP contribution in [0.4, 0.5) is 0 Å². The summed E-state index contributed by atoms with van der Waals surface area (Å²) in [6, 6.07) is 29.6. The highest BCUT2D eigenvalue weighted by Gasteiger charge is 2.37. The van der Waals surface area contributed by atoms with Gasteiger partial charge in [0.2, 0.25) is 0 Å². The number of halogens is 1. The maximum Gasteiger partial charge on any atom is 0.321 e. The largest absolute Gasteiger partial charge is 0.480 e. The van der Waals surface area contributed by atoms with E-state index in [2.05, 4.69) is 36.4 Å². The van der Waals surface area contributed by atoms with Crippen LogP contribution in [0.5, 0.6) is 0 Å². The molecule has 0 aromatic heterocycles. The van der Waals surface area contributed by atoms with Crippen LogP contribution >= 0.6 is 24.2 Å². The van der Waals surface area contributed by atoms with Crippen LogP contribution in [0.25, 0.3) is 0 Å². The quantitative estimate of drug-likeness (QED) is 0.572. The van der Waals surface area contributed by atoms with E-state index in [0.29, 0.717) is 5.75 Å². The molecule has 0 aliphatic carbocycles. The van der Waals surface area contributed by atoms with Crippen LogP contribution in [-0.2, 0) is 9.54 Å². The van der Waals surface area contributed by atoms with Gasteiger partial charge in [0, 0.05) is 5.75 Å². The molecule has 5 heteroatoms. The predicted molar refractivity (Wildman–Crippen MR) is 115 cm³/mol. The Hall–Kier alpha value is -2.27. The Morgan fingerprint density at radius 2 is 1.15 bits per heavy atom. The molecule has 0 saturated carbocycles. The number of carbonyl (C=O) groups is 1. The van der Waals surface area contributed by atoms with E-state index in [1.807, 2.05) is 54.6 Å². The van der Waals surface area contributed by atoms with Gasteiger partial charge in [0.15, 0.2) is 0 Å². The molecule has 0 aliphatic heterocycles. The smallest absolute Gasteiger partial charge is 0.321 e. The summed E-state index contributed by atoms with van der Waals surface area (Å²) in [4.78, 5) is 11.3. The normalized spacial score (nSPS) is 12.0. The van der Waals surface area contributed by atoms with E-state index in [-0.39, 0.29) is 12.4 Å². The molecule has 3 nitrogen and oxygen atoms in total. The molecular weight excluding hydrogens is 378 g/mol. The van der Waals surface area contributed by atoms with Gasteiger partial charge in [-0.15, -0.1) is 24.2 Å². The Kier molecular flexibility index (Phi) is 7.48. The SMILES string of the molecule is Cl.NC(CSC(c1ccccc1)(c1ccccc1)c1ccccc1)C(=O)O. The summed E-state index contributed by atoms with van der Waals surface area (Å²) in [5.41, 5.74) is 9.13. The Labute approximate surface area is 170 Å². The van der Waals surface area contributed by atoms with E-state index in [0.717, 1.165) is 16.7 Å². The van der Waals surface area contributed by atoms with Gasteiger partial charge in [-0.05, 0) is 16.7 Å². The van der Waals surface area contributed by atoms with Gasteiger partial charge in [-0.3, -0.25) is 4.79 Å². The summed E-state index contributed by atoms with van der Waals surface area (Å²) in [6.07, 6.45) is 0. The number of hydrogen-bond acceptors (Lipinski definition) is 3. The van der Waals surface area contributed by atoms with E-state index in [1.54, 1.807) is 11.8 Å². The molecule has 0 spiro atoms. The molecular formula is C22H22ClNO2S. The average Bonchev–Trinajstić information content (AvgIpc) is 2.70. The first-order valence-electron chi connectivity index (χ1n) is 8.43. The van der Waals surface area contributed by atoms with Crippen LogP contribution in [0.1, 0.15) is 16.7 Å². The van der Waals surface area contributed by atoms with Gasteiger partial charge in [0.1, 0.15) is 6.04 Å². The first-order valence-corrected chi connectivity index (χ1v) is 9.42. The molecule has 0 heterocycles. The van der Waals surface area contributed by atoms with Crippen molar-refractivity contribution in [2.75, 3.05) is 5.75 Å². The van der Waals surface area contributed by atoms with Crippen molar-refractivity contribution in [2.45, 2.75) is 10.8 Å². The fraction of sp³-hybridized carbons (Fsp3) is 0.136. The minimum atomic E-state index is -0.986. The number of aliphatic carboxylic acids is 1. The van der Waals surface area contributed by atoms with Crippen LogP contribution < -0.4 is 5.73 Å². The van der Waals surface area contributed by atoms with Crippen molar-refractivity contribution in [3.63, 3.8) is 0 Å². The first kappa shape index (κ1) is 21.0. The Morgan fingerprint density at radius 3 is 1.44 bits per heavy atom. The lowest BCUT2D eigenvalue weighted by molar-refractivity contribution is -0.137. The molecule has 0 radical (unpaired) electrons. The van der Waals surface area contributed by atoms with E-state index in [4.69, 9.17) is 5.73 Å². The lowest BCUT2D eigenvalue weighted by atomic mass is 9.84. The minimum absolute atomic E-state index is 0. The van der Waals surface area contributed by atoms with Gasteiger partial charge < -0.3 is 10.8 Å². The topological polar surface area (TPSA) is 63.3 Å². The summed E-state index contributed by atoms with van der Waals surface area (Å²) >= 11 is 1.56. The molecule has 27 heavy (non-hydrogen) atoms. The predicted octanol–water partition coefficient (Wildman–Crippen LogP) is 4.55. The fourth-order valence-corrected chi connectivity index (χ4v) is 4.54. The molecule has 0 bridgehead atoms. The van der Waals surface area contributed by atoms with E-state index < -0.39 is 16.8 Å². The second-order valence-corrected chi connectivity index (χ2v) is 7.27. The summed E-state index contributed by atoms with van der Waals surface area (Å²) in [7, 11) is 0. The van der Waals surface area contributed by atoms with E-state index >= 15 is 0 Å². The molecule has 3 N–H and O–H groups in total. The number of hydrogen-bond donors (Lipinski definition) is 2. The van der Waals surface area contributed by atoms with Crippen LogP contribution in [0.15, 0.2) is 91.0 Å². The van der Waals surface area contributed by atoms with Crippen molar-refractivity contribution in [1.29, 1.82) is 0 Å². The molecule has 0 saturated heterocycles. The lowest BCUT2D eigenvalue weighted by Gasteiger charge is -2.36. The van der Waals surface area contributed by atoms with Gasteiger partial charge in [-0.2, -0.15) is 0 Å².